The van der Waals surface area contributed by atoms with Gasteiger partial charge in [0.1, 0.15) is 5.60 Å². The summed E-state index contributed by atoms with van der Waals surface area (Å²) < 4.78 is 10.8. The first-order chi connectivity index (χ1) is 8.64. The predicted octanol–water partition coefficient (Wildman–Crippen LogP) is 1.99. The molecule has 1 aromatic carbocycles. The molecule has 0 radical (unpaired) electrons. The number of benzene rings is 1. The lowest BCUT2D eigenvalue weighted by Gasteiger charge is -2.40. The summed E-state index contributed by atoms with van der Waals surface area (Å²) in [6, 6.07) is 6.10. The molecule has 4 nitrogen and oxygen atoms in total. The molecule has 2 heterocycles. The smallest absolute Gasteiger partial charge is 0.237 e. The number of methoxy groups -OCH3 is 1. The maximum absolute atomic E-state index is 11.7. The van der Waals surface area contributed by atoms with Crippen molar-refractivity contribution in [3.05, 3.63) is 23.8 Å². The summed E-state index contributed by atoms with van der Waals surface area (Å²) in [5.74, 6) is 0.0565. The molecular weight excluding hydrogens is 250 g/mol. The molecule has 1 unspecified atom stereocenters. The zero-order valence-electron chi connectivity index (χ0n) is 10.4. The van der Waals surface area contributed by atoms with Crippen molar-refractivity contribution in [3.8, 4) is 0 Å². The summed E-state index contributed by atoms with van der Waals surface area (Å²) in [7, 11) is 1.69. The summed E-state index contributed by atoms with van der Waals surface area (Å²) in [4.78, 5) is 12.8. The molecule has 0 spiro atoms. The number of carbonyl (C=O) groups excluding carboxylic acids is 1. The number of anilines is 1. The molecule has 0 saturated carbocycles. The Hall–Kier alpha value is -1.04. The van der Waals surface area contributed by atoms with E-state index in [9.17, 15) is 4.79 Å². The van der Waals surface area contributed by atoms with Gasteiger partial charge in [0.05, 0.1) is 24.2 Å². The van der Waals surface area contributed by atoms with E-state index in [-0.39, 0.29) is 16.8 Å². The third kappa shape index (κ3) is 1.74. The fourth-order valence-corrected chi connectivity index (χ4v) is 3.11. The highest BCUT2D eigenvalue weighted by Crippen LogP contribution is 2.40. The van der Waals surface area contributed by atoms with Crippen LogP contribution in [0.15, 0.2) is 23.1 Å². The van der Waals surface area contributed by atoms with Crippen molar-refractivity contribution in [1.82, 2.24) is 0 Å². The van der Waals surface area contributed by atoms with Crippen molar-refractivity contribution in [2.45, 2.75) is 22.7 Å². The van der Waals surface area contributed by atoms with E-state index in [1.807, 2.05) is 19.1 Å². The molecule has 96 valence electrons. The Morgan fingerprint density at radius 2 is 2.28 bits per heavy atom. The first-order valence-corrected chi connectivity index (χ1v) is 6.77. The zero-order valence-corrected chi connectivity index (χ0v) is 11.2. The lowest BCUT2D eigenvalue weighted by Crippen LogP contribution is -2.48. The number of ether oxygens (including phenoxy) is 2. The summed E-state index contributed by atoms with van der Waals surface area (Å²) >= 11 is 1.59. The fraction of sp³-hybridized carbons (Fsp3) is 0.462. The van der Waals surface area contributed by atoms with Crippen LogP contribution in [0.2, 0.25) is 0 Å². The van der Waals surface area contributed by atoms with Crippen LogP contribution in [0.25, 0.3) is 0 Å². The molecule has 1 saturated heterocycles. The lowest BCUT2D eigenvalue weighted by molar-refractivity contribution is -0.202. The van der Waals surface area contributed by atoms with Crippen molar-refractivity contribution < 1.29 is 14.3 Å². The van der Waals surface area contributed by atoms with Crippen molar-refractivity contribution in [1.29, 1.82) is 0 Å². The number of thioether (sulfide) groups is 1. The molecule has 5 heteroatoms. The SMILES string of the molecule is COC1(c2ccc3c(c2)NC(=O)C(C)S3)COC1. The van der Waals surface area contributed by atoms with Gasteiger partial charge in [-0.1, -0.05) is 6.07 Å². The second-order valence-corrected chi connectivity index (χ2v) is 6.03. The molecule has 1 aromatic rings. The van der Waals surface area contributed by atoms with E-state index < -0.39 is 0 Å². The highest BCUT2D eigenvalue weighted by Gasteiger charge is 2.41. The first kappa shape index (κ1) is 12.0. The Morgan fingerprint density at radius 3 is 2.89 bits per heavy atom. The van der Waals surface area contributed by atoms with Gasteiger partial charge in [-0.05, 0) is 24.6 Å². The zero-order chi connectivity index (χ0) is 12.8. The normalized spacial score (nSPS) is 25.0. The average molecular weight is 265 g/mol. The summed E-state index contributed by atoms with van der Waals surface area (Å²) in [6.07, 6.45) is 0. The highest BCUT2D eigenvalue weighted by atomic mass is 32.2. The van der Waals surface area contributed by atoms with Crippen molar-refractivity contribution in [3.63, 3.8) is 0 Å². The maximum Gasteiger partial charge on any atom is 0.237 e. The molecule has 0 aliphatic carbocycles. The van der Waals surface area contributed by atoms with Gasteiger partial charge in [0, 0.05) is 12.0 Å². The van der Waals surface area contributed by atoms with Gasteiger partial charge in [0.25, 0.3) is 0 Å². The molecule has 3 rings (SSSR count). The fourth-order valence-electron chi connectivity index (χ4n) is 2.18. The molecule has 0 aromatic heterocycles. The van der Waals surface area contributed by atoms with E-state index in [0.29, 0.717) is 13.2 Å². The molecule has 1 fully saturated rings. The number of rotatable bonds is 2. The molecular formula is C13H15NO3S. The molecule has 2 aliphatic heterocycles. The number of hydrogen-bond acceptors (Lipinski definition) is 4. The molecule has 18 heavy (non-hydrogen) atoms. The third-order valence-corrected chi connectivity index (χ3v) is 4.68. The Kier molecular flexibility index (Phi) is 2.84. The van der Waals surface area contributed by atoms with Crippen LogP contribution in [0.5, 0.6) is 0 Å². The van der Waals surface area contributed by atoms with Crippen LogP contribution in [0.3, 0.4) is 0 Å². The molecule has 2 aliphatic rings. The Morgan fingerprint density at radius 1 is 1.50 bits per heavy atom. The predicted molar refractivity (Wildman–Crippen MR) is 69.9 cm³/mol. The quantitative estimate of drug-likeness (QED) is 0.888. The molecule has 1 N–H and O–H groups in total. The number of hydrogen-bond donors (Lipinski definition) is 1. The van der Waals surface area contributed by atoms with E-state index in [2.05, 4.69) is 11.4 Å². The van der Waals surface area contributed by atoms with E-state index >= 15 is 0 Å². The van der Waals surface area contributed by atoms with Crippen molar-refractivity contribution in [2.75, 3.05) is 25.6 Å². The van der Waals surface area contributed by atoms with E-state index in [0.717, 1.165) is 16.1 Å². The first-order valence-electron chi connectivity index (χ1n) is 5.89. The van der Waals surface area contributed by atoms with Crippen LogP contribution in [-0.2, 0) is 19.9 Å². The van der Waals surface area contributed by atoms with Crippen LogP contribution in [0.1, 0.15) is 12.5 Å². The van der Waals surface area contributed by atoms with Crippen molar-refractivity contribution >= 4 is 23.4 Å². The lowest BCUT2D eigenvalue weighted by atomic mass is 9.91. The Balaban J connectivity index is 1.96. The standard InChI is InChI=1S/C13H15NO3S/c1-8-12(15)14-10-5-9(3-4-11(10)18-8)13(16-2)6-17-7-13/h3-5,8H,6-7H2,1-2H3,(H,14,15). The minimum Gasteiger partial charge on any atom is -0.375 e. The topological polar surface area (TPSA) is 47.6 Å². The van der Waals surface area contributed by atoms with Gasteiger partial charge < -0.3 is 14.8 Å². The third-order valence-electron chi connectivity index (χ3n) is 3.50. The number of nitrogens with one attached hydrogen (secondary N) is 1. The second-order valence-electron chi connectivity index (χ2n) is 4.65. The van der Waals surface area contributed by atoms with Gasteiger partial charge in [0.15, 0.2) is 0 Å². The monoisotopic (exact) mass is 265 g/mol. The molecule has 0 bridgehead atoms. The van der Waals surface area contributed by atoms with Gasteiger partial charge >= 0.3 is 0 Å². The summed E-state index contributed by atoms with van der Waals surface area (Å²) in [5, 5.41) is 2.90. The summed E-state index contributed by atoms with van der Waals surface area (Å²) in [5.41, 5.74) is 1.60. The number of fused-ring (bicyclic) bond motifs is 1. The van der Waals surface area contributed by atoms with Crippen LogP contribution in [0.4, 0.5) is 5.69 Å². The maximum atomic E-state index is 11.7. The minimum atomic E-state index is -0.340. The van der Waals surface area contributed by atoms with Crippen molar-refractivity contribution in [2.24, 2.45) is 0 Å². The van der Waals surface area contributed by atoms with Gasteiger partial charge in [-0.25, -0.2) is 0 Å². The number of amides is 1. The van der Waals surface area contributed by atoms with Crippen LogP contribution < -0.4 is 5.32 Å². The summed E-state index contributed by atoms with van der Waals surface area (Å²) in [6.45, 7) is 3.05. The van der Waals surface area contributed by atoms with Crippen LogP contribution in [-0.4, -0.2) is 31.5 Å². The Labute approximate surface area is 110 Å². The molecule has 1 amide bonds. The second kappa shape index (κ2) is 4.26. The van der Waals surface area contributed by atoms with Gasteiger partial charge in [0.2, 0.25) is 5.91 Å². The largest absolute Gasteiger partial charge is 0.375 e. The van der Waals surface area contributed by atoms with Gasteiger partial charge in [-0.2, -0.15) is 0 Å². The van der Waals surface area contributed by atoms with Crippen LogP contribution in [0, 0.1) is 0 Å². The van der Waals surface area contributed by atoms with E-state index in [4.69, 9.17) is 9.47 Å². The average Bonchev–Trinajstić information content (AvgIpc) is 2.30. The molecule has 1 atom stereocenters. The number of carbonyl (C=O) groups is 1. The van der Waals surface area contributed by atoms with E-state index in [1.165, 1.54) is 0 Å². The highest BCUT2D eigenvalue weighted by molar-refractivity contribution is 8.00. The minimum absolute atomic E-state index is 0.0354. The van der Waals surface area contributed by atoms with Gasteiger partial charge in [-0.15, -0.1) is 11.8 Å². The van der Waals surface area contributed by atoms with Gasteiger partial charge in [-0.3, -0.25) is 4.79 Å². The van der Waals surface area contributed by atoms with Crippen LogP contribution >= 0.6 is 11.8 Å². The Bertz CT molecular complexity index is 493. The van der Waals surface area contributed by atoms with E-state index in [1.54, 1.807) is 18.9 Å².